The number of rotatable bonds is 4. The standard InChI is InChI=1S/C17H13N3O3/c21-16-13-3-1-2-4-14(13)17(22)20(16)7-8-23-12-5-6-15-11(9-12)10-18-19-15/h1-6,9-10H,7-8H2,(H,18,19). The number of imide groups is 1. The van der Waals surface area contributed by atoms with Crippen molar-refractivity contribution in [2.45, 2.75) is 0 Å². The maximum absolute atomic E-state index is 12.2. The summed E-state index contributed by atoms with van der Waals surface area (Å²) in [6, 6.07) is 12.4. The first-order chi connectivity index (χ1) is 11.2. The van der Waals surface area contributed by atoms with E-state index in [0.29, 0.717) is 16.9 Å². The molecule has 0 bridgehead atoms. The van der Waals surface area contributed by atoms with E-state index in [1.54, 1.807) is 30.5 Å². The van der Waals surface area contributed by atoms with E-state index in [2.05, 4.69) is 10.2 Å². The quantitative estimate of drug-likeness (QED) is 0.750. The average molecular weight is 307 g/mol. The van der Waals surface area contributed by atoms with Crippen LogP contribution in [0, 0.1) is 0 Å². The molecule has 0 spiro atoms. The molecule has 0 unspecified atom stereocenters. The van der Waals surface area contributed by atoms with Crippen molar-refractivity contribution in [2.24, 2.45) is 0 Å². The Hall–Kier alpha value is -3.15. The van der Waals surface area contributed by atoms with Crippen molar-refractivity contribution in [2.75, 3.05) is 13.2 Å². The number of H-pyrrole nitrogens is 1. The highest BCUT2D eigenvalue weighted by Gasteiger charge is 2.34. The number of ether oxygens (including phenoxy) is 1. The Balaban J connectivity index is 1.44. The second kappa shape index (κ2) is 5.24. The second-order valence-electron chi connectivity index (χ2n) is 5.28. The minimum atomic E-state index is -0.264. The molecule has 0 atom stereocenters. The number of hydrogen-bond donors (Lipinski definition) is 1. The van der Waals surface area contributed by atoms with Gasteiger partial charge in [0.2, 0.25) is 0 Å². The van der Waals surface area contributed by atoms with Gasteiger partial charge in [0.1, 0.15) is 12.4 Å². The van der Waals surface area contributed by atoms with Crippen LogP contribution in [0.25, 0.3) is 10.9 Å². The number of aromatic nitrogens is 2. The van der Waals surface area contributed by atoms with Gasteiger partial charge in [-0.05, 0) is 30.3 Å². The first-order valence-electron chi connectivity index (χ1n) is 7.25. The molecule has 4 rings (SSSR count). The van der Waals surface area contributed by atoms with Gasteiger partial charge >= 0.3 is 0 Å². The summed E-state index contributed by atoms with van der Waals surface area (Å²) in [5.41, 5.74) is 1.84. The predicted molar refractivity (Wildman–Crippen MR) is 83.4 cm³/mol. The highest BCUT2D eigenvalue weighted by atomic mass is 16.5. The minimum Gasteiger partial charge on any atom is -0.492 e. The molecular weight excluding hydrogens is 294 g/mol. The molecule has 0 saturated carbocycles. The van der Waals surface area contributed by atoms with Gasteiger partial charge < -0.3 is 4.74 Å². The minimum absolute atomic E-state index is 0.218. The van der Waals surface area contributed by atoms with Gasteiger partial charge in [-0.3, -0.25) is 19.6 Å². The Morgan fingerprint density at radius 3 is 2.52 bits per heavy atom. The highest BCUT2D eigenvalue weighted by molar-refractivity contribution is 6.21. The lowest BCUT2D eigenvalue weighted by atomic mass is 10.1. The topological polar surface area (TPSA) is 75.3 Å². The zero-order valence-corrected chi connectivity index (χ0v) is 12.2. The van der Waals surface area contributed by atoms with Gasteiger partial charge in [0, 0.05) is 5.39 Å². The van der Waals surface area contributed by atoms with Crippen molar-refractivity contribution >= 4 is 22.7 Å². The number of nitrogens with zero attached hydrogens (tertiary/aromatic N) is 2. The summed E-state index contributed by atoms with van der Waals surface area (Å²) >= 11 is 0. The lowest BCUT2D eigenvalue weighted by Crippen LogP contribution is -2.33. The maximum Gasteiger partial charge on any atom is 0.261 e. The molecule has 0 aliphatic carbocycles. The monoisotopic (exact) mass is 307 g/mol. The smallest absolute Gasteiger partial charge is 0.261 e. The molecule has 2 amide bonds. The van der Waals surface area contributed by atoms with Crippen molar-refractivity contribution in [3.8, 4) is 5.75 Å². The summed E-state index contributed by atoms with van der Waals surface area (Å²) in [5, 5.41) is 7.76. The van der Waals surface area contributed by atoms with Crippen molar-refractivity contribution in [3.63, 3.8) is 0 Å². The van der Waals surface area contributed by atoms with Crippen LogP contribution in [-0.2, 0) is 0 Å². The third-order valence-corrected chi connectivity index (χ3v) is 3.87. The Labute approximate surface area is 131 Å². The van der Waals surface area contributed by atoms with E-state index < -0.39 is 0 Å². The molecule has 0 saturated heterocycles. The van der Waals surface area contributed by atoms with E-state index >= 15 is 0 Å². The van der Waals surface area contributed by atoms with Crippen LogP contribution in [0.3, 0.4) is 0 Å². The molecule has 1 aliphatic heterocycles. The fourth-order valence-corrected chi connectivity index (χ4v) is 2.71. The van der Waals surface area contributed by atoms with Gasteiger partial charge in [0.25, 0.3) is 11.8 Å². The largest absolute Gasteiger partial charge is 0.492 e. The van der Waals surface area contributed by atoms with Crippen LogP contribution in [0.2, 0.25) is 0 Å². The van der Waals surface area contributed by atoms with Crippen molar-refractivity contribution in [3.05, 3.63) is 59.8 Å². The number of carbonyl (C=O) groups excluding carboxylic acids is 2. The molecular formula is C17H13N3O3. The zero-order chi connectivity index (χ0) is 15.8. The van der Waals surface area contributed by atoms with Crippen LogP contribution < -0.4 is 4.74 Å². The van der Waals surface area contributed by atoms with Gasteiger partial charge in [-0.2, -0.15) is 5.10 Å². The van der Waals surface area contributed by atoms with Crippen LogP contribution >= 0.6 is 0 Å². The molecule has 114 valence electrons. The Bertz CT molecular complexity index is 881. The molecule has 1 aromatic heterocycles. The molecule has 6 heteroatoms. The molecule has 1 aliphatic rings. The Morgan fingerprint density at radius 2 is 1.78 bits per heavy atom. The summed E-state index contributed by atoms with van der Waals surface area (Å²) in [5.74, 6) is 0.148. The normalized spacial score (nSPS) is 13.7. The number of aromatic amines is 1. The van der Waals surface area contributed by atoms with E-state index in [4.69, 9.17) is 4.74 Å². The molecule has 2 heterocycles. The van der Waals surface area contributed by atoms with Crippen molar-refractivity contribution < 1.29 is 14.3 Å². The van der Waals surface area contributed by atoms with Gasteiger partial charge in [-0.1, -0.05) is 12.1 Å². The van der Waals surface area contributed by atoms with Gasteiger partial charge in [0.15, 0.2) is 0 Å². The first-order valence-corrected chi connectivity index (χ1v) is 7.25. The van der Waals surface area contributed by atoms with Crippen molar-refractivity contribution in [1.82, 2.24) is 15.1 Å². The third kappa shape index (κ3) is 2.24. The summed E-state index contributed by atoms with van der Waals surface area (Å²) in [6.07, 6.45) is 1.71. The van der Waals surface area contributed by atoms with Crippen LogP contribution in [0.5, 0.6) is 5.75 Å². The molecule has 0 radical (unpaired) electrons. The number of hydrogen-bond acceptors (Lipinski definition) is 4. The van der Waals surface area contributed by atoms with Crippen LogP contribution in [0.1, 0.15) is 20.7 Å². The van der Waals surface area contributed by atoms with E-state index in [9.17, 15) is 9.59 Å². The average Bonchev–Trinajstić information content (AvgIpc) is 3.13. The highest BCUT2D eigenvalue weighted by Crippen LogP contribution is 2.22. The predicted octanol–water partition coefficient (Wildman–Crippen LogP) is 2.24. The number of amides is 2. The molecule has 2 aromatic carbocycles. The Kier molecular flexibility index (Phi) is 3.08. The second-order valence-corrected chi connectivity index (χ2v) is 5.28. The number of benzene rings is 2. The molecule has 6 nitrogen and oxygen atoms in total. The van der Waals surface area contributed by atoms with Gasteiger partial charge in [-0.15, -0.1) is 0 Å². The van der Waals surface area contributed by atoms with Crippen LogP contribution in [0.15, 0.2) is 48.7 Å². The number of fused-ring (bicyclic) bond motifs is 2. The molecule has 3 aromatic rings. The van der Waals surface area contributed by atoms with Crippen LogP contribution in [-0.4, -0.2) is 40.1 Å². The number of carbonyl (C=O) groups is 2. The number of nitrogens with one attached hydrogen (secondary N) is 1. The summed E-state index contributed by atoms with van der Waals surface area (Å²) < 4.78 is 5.65. The van der Waals surface area contributed by atoms with E-state index in [1.807, 2.05) is 18.2 Å². The maximum atomic E-state index is 12.2. The zero-order valence-electron chi connectivity index (χ0n) is 12.2. The first kappa shape index (κ1) is 13.5. The molecule has 0 fully saturated rings. The summed E-state index contributed by atoms with van der Waals surface area (Å²) in [7, 11) is 0. The van der Waals surface area contributed by atoms with E-state index in [1.165, 1.54) is 4.90 Å². The van der Waals surface area contributed by atoms with Crippen molar-refractivity contribution in [1.29, 1.82) is 0 Å². The van der Waals surface area contributed by atoms with E-state index in [-0.39, 0.29) is 25.0 Å². The third-order valence-electron chi connectivity index (χ3n) is 3.87. The lowest BCUT2D eigenvalue weighted by molar-refractivity contribution is 0.0631. The fraction of sp³-hybridized carbons (Fsp3) is 0.118. The van der Waals surface area contributed by atoms with E-state index in [0.717, 1.165) is 10.9 Å². The molecule has 1 N–H and O–H groups in total. The van der Waals surface area contributed by atoms with Gasteiger partial charge in [-0.25, -0.2) is 0 Å². The van der Waals surface area contributed by atoms with Gasteiger partial charge in [0.05, 0.1) is 29.4 Å². The Morgan fingerprint density at radius 1 is 1.04 bits per heavy atom. The summed E-state index contributed by atoms with van der Waals surface area (Å²) in [4.78, 5) is 25.7. The summed E-state index contributed by atoms with van der Waals surface area (Å²) in [6.45, 7) is 0.463. The fourth-order valence-electron chi connectivity index (χ4n) is 2.71. The SMILES string of the molecule is O=C1c2ccccc2C(=O)N1CCOc1ccc2[nH]ncc2c1. The molecule has 23 heavy (non-hydrogen) atoms. The lowest BCUT2D eigenvalue weighted by Gasteiger charge is -2.14. The van der Waals surface area contributed by atoms with Crippen LogP contribution in [0.4, 0.5) is 0 Å².